The van der Waals surface area contributed by atoms with Gasteiger partial charge in [-0.15, -0.1) is 5.10 Å². The van der Waals surface area contributed by atoms with Crippen LogP contribution in [-0.2, 0) is 0 Å². The number of carbonyl (C=O) groups excluding carboxylic acids is 1. The molecule has 2 heterocycles. The molecule has 0 atom stereocenters. The monoisotopic (exact) mass is 281 g/mol. The molecule has 1 fully saturated rings. The number of benzene rings is 1. The molecule has 0 bridgehead atoms. The molecule has 1 aromatic carbocycles. The first kappa shape index (κ1) is 12.3. The van der Waals surface area contributed by atoms with Crippen LogP contribution in [0, 0.1) is 5.82 Å². The Labute approximate surface area is 113 Å². The molecule has 2 aromatic rings. The number of thioether (sulfide) groups is 1. The maximum atomic E-state index is 13.0. The third-order valence-electron chi connectivity index (χ3n) is 2.94. The fourth-order valence-corrected chi connectivity index (χ4v) is 2.84. The molecule has 5 nitrogen and oxygen atoms in total. The summed E-state index contributed by atoms with van der Waals surface area (Å²) in [6.07, 6.45) is -0.405. The lowest BCUT2D eigenvalue weighted by atomic mass is 10.2. The van der Waals surface area contributed by atoms with Crippen molar-refractivity contribution in [1.82, 2.24) is 15.1 Å². The Bertz CT molecular complexity index is 610. The first-order valence-electron chi connectivity index (χ1n) is 5.92. The predicted molar refractivity (Wildman–Crippen MR) is 71.0 cm³/mol. The van der Waals surface area contributed by atoms with E-state index in [2.05, 4.69) is 10.2 Å². The fraction of sp³-hybridized carbons (Fsp3) is 0.333. The largest absolute Gasteiger partial charge is 0.416 e. The second-order valence-electron chi connectivity index (χ2n) is 4.19. The SMILES string of the molecule is O=C(Oc1n[nH]c2cc(F)ccc12)N1CCSCC1. The van der Waals surface area contributed by atoms with Crippen molar-refractivity contribution in [2.75, 3.05) is 24.6 Å². The molecular weight excluding hydrogens is 269 g/mol. The first-order valence-corrected chi connectivity index (χ1v) is 7.07. The van der Waals surface area contributed by atoms with Gasteiger partial charge in [0.15, 0.2) is 0 Å². The molecule has 1 saturated heterocycles. The van der Waals surface area contributed by atoms with Gasteiger partial charge in [-0.2, -0.15) is 11.8 Å². The maximum absolute atomic E-state index is 13.0. The summed E-state index contributed by atoms with van der Waals surface area (Å²) in [4.78, 5) is 13.6. The Morgan fingerprint density at radius 1 is 1.42 bits per heavy atom. The summed E-state index contributed by atoms with van der Waals surface area (Å²) in [6.45, 7) is 1.36. The van der Waals surface area contributed by atoms with Crippen LogP contribution in [0.5, 0.6) is 5.88 Å². The highest BCUT2D eigenvalue weighted by Crippen LogP contribution is 2.24. The van der Waals surface area contributed by atoms with Crippen LogP contribution in [0.3, 0.4) is 0 Å². The van der Waals surface area contributed by atoms with Gasteiger partial charge in [-0.3, -0.25) is 5.10 Å². The lowest BCUT2D eigenvalue weighted by Gasteiger charge is -2.24. The maximum Gasteiger partial charge on any atom is 0.416 e. The Morgan fingerprint density at radius 2 is 2.21 bits per heavy atom. The molecule has 0 aliphatic carbocycles. The summed E-state index contributed by atoms with van der Waals surface area (Å²) in [7, 11) is 0. The van der Waals surface area contributed by atoms with Crippen molar-refractivity contribution < 1.29 is 13.9 Å². The second-order valence-corrected chi connectivity index (χ2v) is 5.41. The highest BCUT2D eigenvalue weighted by Gasteiger charge is 2.20. The minimum absolute atomic E-state index is 0.193. The zero-order chi connectivity index (χ0) is 13.2. The third kappa shape index (κ3) is 2.51. The molecular formula is C12H12FN3O2S. The second kappa shape index (κ2) is 5.08. The number of nitrogens with zero attached hydrogens (tertiary/aromatic N) is 2. The van der Waals surface area contributed by atoms with Crippen molar-refractivity contribution in [2.45, 2.75) is 0 Å². The van der Waals surface area contributed by atoms with Crippen molar-refractivity contribution in [3.05, 3.63) is 24.0 Å². The van der Waals surface area contributed by atoms with Crippen LogP contribution in [0.1, 0.15) is 0 Å². The van der Waals surface area contributed by atoms with Crippen molar-refractivity contribution >= 4 is 28.8 Å². The predicted octanol–water partition coefficient (Wildman–Crippen LogP) is 2.25. The number of aromatic amines is 1. The summed E-state index contributed by atoms with van der Waals surface area (Å²) in [5.74, 6) is 1.67. The summed E-state index contributed by atoms with van der Waals surface area (Å²) in [5, 5.41) is 7.15. The minimum Gasteiger partial charge on any atom is -0.389 e. The molecule has 3 rings (SSSR count). The van der Waals surface area contributed by atoms with E-state index in [4.69, 9.17) is 4.74 Å². The highest BCUT2D eigenvalue weighted by molar-refractivity contribution is 7.99. The number of ether oxygens (including phenoxy) is 1. The molecule has 7 heteroatoms. The van der Waals surface area contributed by atoms with Gasteiger partial charge < -0.3 is 9.64 Å². The number of carbonyl (C=O) groups is 1. The van der Waals surface area contributed by atoms with E-state index in [9.17, 15) is 9.18 Å². The van der Waals surface area contributed by atoms with Crippen molar-refractivity contribution in [2.24, 2.45) is 0 Å². The number of hydrogen-bond acceptors (Lipinski definition) is 4. The number of H-pyrrole nitrogens is 1. The number of hydrogen-bond donors (Lipinski definition) is 1. The van der Waals surface area contributed by atoms with E-state index in [1.165, 1.54) is 12.1 Å². The van der Waals surface area contributed by atoms with E-state index in [0.717, 1.165) is 11.5 Å². The van der Waals surface area contributed by atoms with Gasteiger partial charge >= 0.3 is 6.09 Å². The van der Waals surface area contributed by atoms with Gasteiger partial charge in [0, 0.05) is 24.6 Å². The number of amides is 1. The van der Waals surface area contributed by atoms with Gasteiger partial charge in [-0.25, -0.2) is 9.18 Å². The normalized spacial score (nSPS) is 15.7. The van der Waals surface area contributed by atoms with Crippen LogP contribution in [0.4, 0.5) is 9.18 Å². The van der Waals surface area contributed by atoms with Gasteiger partial charge in [0.1, 0.15) is 5.82 Å². The molecule has 0 spiro atoms. The van der Waals surface area contributed by atoms with Crippen LogP contribution in [-0.4, -0.2) is 45.8 Å². The minimum atomic E-state index is -0.405. The molecule has 0 unspecified atom stereocenters. The Kier molecular flexibility index (Phi) is 3.29. The van der Waals surface area contributed by atoms with E-state index >= 15 is 0 Å². The first-order chi connectivity index (χ1) is 9.24. The molecule has 1 N–H and O–H groups in total. The zero-order valence-corrected chi connectivity index (χ0v) is 10.9. The molecule has 0 saturated carbocycles. The number of halogens is 1. The quantitative estimate of drug-likeness (QED) is 0.871. The number of nitrogens with one attached hydrogen (secondary N) is 1. The molecule has 1 amide bonds. The average Bonchev–Trinajstić information content (AvgIpc) is 2.82. The number of rotatable bonds is 1. The van der Waals surface area contributed by atoms with E-state index in [1.54, 1.807) is 11.0 Å². The third-order valence-corrected chi connectivity index (χ3v) is 3.89. The molecule has 19 heavy (non-hydrogen) atoms. The van der Waals surface area contributed by atoms with Crippen molar-refractivity contribution in [3.8, 4) is 5.88 Å². The summed E-state index contributed by atoms with van der Waals surface area (Å²) < 4.78 is 18.3. The number of aromatic nitrogens is 2. The van der Waals surface area contributed by atoms with Crippen molar-refractivity contribution in [3.63, 3.8) is 0 Å². The molecule has 1 aromatic heterocycles. The van der Waals surface area contributed by atoms with Crippen molar-refractivity contribution in [1.29, 1.82) is 0 Å². The smallest absolute Gasteiger partial charge is 0.389 e. The fourth-order valence-electron chi connectivity index (χ4n) is 1.94. The van der Waals surface area contributed by atoms with E-state index < -0.39 is 6.09 Å². The molecule has 100 valence electrons. The van der Waals surface area contributed by atoms with Crippen LogP contribution < -0.4 is 4.74 Å². The molecule has 1 aliphatic rings. The van der Waals surface area contributed by atoms with Gasteiger partial charge in [-0.05, 0) is 18.2 Å². The summed E-state index contributed by atoms with van der Waals surface area (Å²) >= 11 is 1.82. The summed E-state index contributed by atoms with van der Waals surface area (Å²) in [6, 6.07) is 4.17. The standard InChI is InChI=1S/C12H12FN3O2S/c13-8-1-2-9-10(7-8)14-15-11(9)18-12(17)16-3-5-19-6-4-16/h1-2,7H,3-6H2,(H,14,15). The Balaban J connectivity index is 1.79. The van der Waals surface area contributed by atoms with Gasteiger partial charge in [-0.1, -0.05) is 0 Å². The summed E-state index contributed by atoms with van der Waals surface area (Å²) in [5.41, 5.74) is 0.511. The average molecular weight is 281 g/mol. The molecule has 1 aliphatic heterocycles. The van der Waals surface area contributed by atoms with Gasteiger partial charge in [0.25, 0.3) is 5.88 Å². The topological polar surface area (TPSA) is 58.2 Å². The lowest BCUT2D eigenvalue weighted by molar-refractivity contribution is 0.156. The van der Waals surface area contributed by atoms with E-state index in [1.807, 2.05) is 11.8 Å². The Hall–Kier alpha value is -1.76. The van der Waals surface area contributed by atoms with E-state index in [-0.39, 0.29) is 11.7 Å². The van der Waals surface area contributed by atoms with Crippen LogP contribution >= 0.6 is 11.8 Å². The van der Waals surface area contributed by atoms with Gasteiger partial charge in [0.05, 0.1) is 10.9 Å². The number of fused-ring (bicyclic) bond motifs is 1. The lowest BCUT2D eigenvalue weighted by Crippen LogP contribution is -2.39. The van der Waals surface area contributed by atoms with Gasteiger partial charge in [0.2, 0.25) is 0 Å². The van der Waals surface area contributed by atoms with Crippen LogP contribution in [0.25, 0.3) is 10.9 Å². The van der Waals surface area contributed by atoms with Crippen LogP contribution in [0.2, 0.25) is 0 Å². The highest BCUT2D eigenvalue weighted by atomic mass is 32.2. The molecule has 0 radical (unpaired) electrons. The zero-order valence-electron chi connectivity index (χ0n) is 10.1. The Morgan fingerprint density at radius 3 is 3.00 bits per heavy atom. The van der Waals surface area contributed by atoms with E-state index in [0.29, 0.717) is 24.0 Å². The van der Waals surface area contributed by atoms with Crippen LogP contribution in [0.15, 0.2) is 18.2 Å².